The van der Waals surface area contributed by atoms with Crippen LogP contribution in [0.15, 0.2) is 42.5 Å². The maximum absolute atomic E-state index is 13.7. The Bertz CT molecular complexity index is 700. The molecule has 1 N–H and O–H groups in total. The number of carbonyl (C=O) groups excluding carboxylic acids is 1. The van der Waals surface area contributed by atoms with E-state index < -0.39 is 5.82 Å². The zero-order chi connectivity index (χ0) is 15.4. The number of rotatable bonds is 3. The molecular formula is C17H15FN2O. The molecule has 0 aliphatic carbocycles. The van der Waals surface area contributed by atoms with E-state index in [9.17, 15) is 9.18 Å². The van der Waals surface area contributed by atoms with Crippen molar-refractivity contribution in [3.63, 3.8) is 0 Å². The van der Waals surface area contributed by atoms with E-state index in [4.69, 9.17) is 5.26 Å². The van der Waals surface area contributed by atoms with Gasteiger partial charge in [-0.15, -0.1) is 0 Å². The molecule has 0 atom stereocenters. The zero-order valence-electron chi connectivity index (χ0n) is 11.9. The first-order valence-corrected chi connectivity index (χ1v) is 6.62. The van der Waals surface area contributed by atoms with Crippen molar-refractivity contribution >= 4 is 11.6 Å². The lowest BCUT2D eigenvalue weighted by atomic mass is 10.0. The largest absolute Gasteiger partial charge is 0.319 e. The predicted octanol–water partition coefficient (Wildman–Crippen LogP) is 4.07. The summed E-state index contributed by atoms with van der Waals surface area (Å²) in [4.78, 5) is 12.1. The maximum Gasteiger partial charge on any atom is 0.255 e. The number of benzene rings is 2. The van der Waals surface area contributed by atoms with E-state index in [1.54, 1.807) is 12.1 Å². The Hall–Kier alpha value is -2.67. The third-order valence-electron chi connectivity index (χ3n) is 3.19. The number of carbonyl (C=O) groups is 1. The number of nitrogens with one attached hydrogen (secondary N) is 1. The Labute approximate surface area is 123 Å². The van der Waals surface area contributed by atoms with Crippen LogP contribution >= 0.6 is 0 Å². The minimum absolute atomic E-state index is 0.0620. The maximum atomic E-state index is 13.7. The lowest BCUT2D eigenvalue weighted by molar-refractivity contribution is 0.102. The minimum Gasteiger partial charge on any atom is -0.319 e. The molecule has 3 nitrogen and oxygen atoms in total. The number of amides is 1. The first-order chi connectivity index (χ1) is 10.0. The van der Waals surface area contributed by atoms with Gasteiger partial charge in [0.25, 0.3) is 5.91 Å². The summed E-state index contributed by atoms with van der Waals surface area (Å²) >= 11 is 0. The molecule has 0 radical (unpaired) electrons. The summed E-state index contributed by atoms with van der Waals surface area (Å²) in [6.45, 7) is 4.14. The molecule has 0 fully saturated rings. The molecule has 0 spiro atoms. The smallest absolute Gasteiger partial charge is 0.255 e. The summed E-state index contributed by atoms with van der Waals surface area (Å²) in [6.07, 6.45) is 0. The number of nitrogens with zero attached hydrogens (tertiary/aromatic N) is 1. The van der Waals surface area contributed by atoms with Crippen molar-refractivity contribution in [1.29, 1.82) is 5.26 Å². The second kappa shape index (κ2) is 6.19. The molecule has 0 unspecified atom stereocenters. The van der Waals surface area contributed by atoms with Crippen molar-refractivity contribution < 1.29 is 9.18 Å². The van der Waals surface area contributed by atoms with Gasteiger partial charge in [0.1, 0.15) is 5.82 Å². The Kier molecular flexibility index (Phi) is 4.34. The number of nitriles is 1. The van der Waals surface area contributed by atoms with Crippen molar-refractivity contribution in [2.75, 3.05) is 5.32 Å². The Balaban J connectivity index is 2.16. The van der Waals surface area contributed by atoms with Crippen LogP contribution < -0.4 is 5.32 Å². The molecule has 0 saturated heterocycles. The molecular weight excluding hydrogens is 267 g/mol. The fourth-order valence-corrected chi connectivity index (χ4v) is 1.90. The van der Waals surface area contributed by atoms with Gasteiger partial charge in [-0.2, -0.15) is 5.26 Å². The molecule has 2 aromatic rings. The first kappa shape index (κ1) is 14.7. The van der Waals surface area contributed by atoms with Gasteiger partial charge in [-0.1, -0.05) is 26.0 Å². The summed E-state index contributed by atoms with van der Waals surface area (Å²) in [6, 6.07) is 13.0. The van der Waals surface area contributed by atoms with Crippen LogP contribution in [0.25, 0.3) is 0 Å². The van der Waals surface area contributed by atoms with Gasteiger partial charge < -0.3 is 5.32 Å². The Morgan fingerprint density at radius 1 is 1.19 bits per heavy atom. The van der Waals surface area contributed by atoms with E-state index in [0.29, 0.717) is 11.5 Å². The highest BCUT2D eigenvalue weighted by Crippen LogP contribution is 2.18. The minimum atomic E-state index is -0.624. The molecule has 106 valence electrons. The Morgan fingerprint density at radius 2 is 1.86 bits per heavy atom. The monoisotopic (exact) mass is 282 g/mol. The molecule has 0 aliphatic heterocycles. The lowest BCUT2D eigenvalue weighted by Crippen LogP contribution is -2.13. The molecule has 0 saturated carbocycles. The van der Waals surface area contributed by atoms with Gasteiger partial charge >= 0.3 is 0 Å². The topological polar surface area (TPSA) is 52.9 Å². The molecule has 1 amide bonds. The first-order valence-electron chi connectivity index (χ1n) is 6.62. The zero-order valence-corrected chi connectivity index (χ0v) is 11.9. The second-order valence-corrected chi connectivity index (χ2v) is 5.04. The molecule has 0 aromatic heterocycles. The van der Waals surface area contributed by atoms with Crippen LogP contribution in [-0.4, -0.2) is 5.91 Å². The fraction of sp³-hybridized carbons (Fsp3) is 0.176. The molecule has 21 heavy (non-hydrogen) atoms. The van der Waals surface area contributed by atoms with Crippen molar-refractivity contribution in [3.05, 3.63) is 65.0 Å². The average molecular weight is 282 g/mol. The molecule has 2 rings (SSSR count). The van der Waals surface area contributed by atoms with Crippen molar-refractivity contribution in [2.24, 2.45) is 0 Å². The quantitative estimate of drug-likeness (QED) is 0.922. The van der Waals surface area contributed by atoms with E-state index in [1.807, 2.05) is 18.2 Å². The van der Waals surface area contributed by atoms with E-state index in [2.05, 4.69) is 19.2 Å². The van der Waals surface area contributed by atoms with E-state index in [1.165, 1.54) is 12.1 Å². The summed E-state index contributed by atoms with van der Waals surface area (Å²) in [5.74, 6) is -0.617. The lowest BCUT2D eigenvalue weighted by Gasteiger charge is -2.08. The van der Waals surface area contributed by atoms with Gasteiger partial charge in [0, 0.05) is 5.56 Å². The van der Waals surface area contributed by atoms with Crippen molar-refractivity contribution in [2.45, 2.75) is 19.8 Å². The van der Waals surface area contributed by atoms with Crippen molar-refractivity contribution in [1.82, 2.24) is 0 Å². The molecule has 0 aliphatic rings. The highest BCUT2D eigenvalue weighted by molar-refractivity contribution is 6.04. The normalized spacial score (nSPS) is 10.2. The third kappa shape index (κ3) is 3.46. The summed E-state index contributed by atoms with van der Waals surface area (Å²) < 4.78 is 13.7. The number of hydrogen-bond donors (Lipinski definition) is 1. The van der Waals surface area contributed by atoms with Crippen LogP contribution in [0, 0.1) is 17.1 Å². The van der Waals surface area contributed by atoms with Crippen LogP contribution in [-0.2, 0) is 0 Å². The predicted molar refractivity (Wildman–Crippen MR) is 79.6 cm³/mol. The second-order valence-electron chi connectivity index (χ2n) is 5.04. The van der Waals surface area contributed by atoms with Crippen LogP contribution in [0.1, 0.15) is 41.3 Å². The van der Waals surface area contributed by atoms with Gasteiger partial charge in [-0.25, -0.2) is 4.39 Å². The summed E-state index contributed by atoms with van der Waals surface area (Å²) in [5, 5.41) is 11.2. The van der Waals surface area contributed by atoms with E-state index in [-0.39, 0.29) is 17.2 Å². The molecule has 0 bridgehead atoms. The highest BCUT2D eigenvalue weighted by Gasteiger charge is 2.10. The van der Waals surface area contributed by atoms with Crippen LogP contribution in [0.2, 0.25) is 0 Å². The Morgan fingerprint density at radius 3 is 2.38 bits per heavy atom. The summed E-state index contributed by atoms with van der Waals surface area (Å²) in [5.41, 5.74) is 1.87. The average Bonchev–Trinajstić information content (AvgIpc) is 2.49. The SMILES string of the molecule is CC(C)c1ccc(C(=O)Nc2ccc(C#N)cc2F)cc1. The standard InChI is InChI=1S/C17H15FN2O/c1-11(2)13-4-6-14(7-5-13)17(21)20-16-8-3-12(10-19)9-15(16)18/h3-9,11H,1-2H3,(H,20,21). The number of anilines is 1. The molecule has 0 heterocycles. The highest BCUT2D eigenvalue weighted by atomic mass is 19.1. The van der Waals surface area contributed by atoms with Crippen LogP contribution in [0.5, 0.6) is 0 Å². The third-order valence-corrected chi connectivity index (χ3v) is 3.19. The number of hydrogen-bond acceptors (Lipinski definition) is 2. The fourth-order valence-electron chi connectivity index (χ4n) is 1.90. The van der Waals surface area contributed by atoms with Gasteiger partial charge in [-0.05, 0) is 41.8 Å². The molecule has 4 heteroatoms. The van der Waals surface area contributed by atoms with Gasteiger partial charge in [-0.3, -0.25) is 4.79 Å². The van der Waals surface area contributed by atoms with Crippen LogP contribution in [0.4, 0.5) is 10.1 Å². The van der Waals surface area contributed by atoms with Crippen LogP contribution in [0.3, 0.4) is 0 Å². The van der Waals surface area contributed by atoms with Gasteiger partial charge in [0.05, 0.1) is 17.3 Å². The van der Waals surface area contributed by atoms with Gasteiger partial charge in [0.2, 0.25) is 0 Å². The van der Waals surface area contributed by atoms with E-state index in [0.717, 1.165) is 11.6 Å². The number of halogens is 1. The van der Waals surface area contributed by atoms with Crippen molar-refractivity contribution in [3.8, 4) is 6.07 Å². The van der Waals surface area contributed by atoms with E-state index >= 15 is 0 Å². The molecule has 2 aromatic carbocycles. The summed E-state index contributed by atoms with van der Waals surface area (Å²) in [7, 11) is 0. The van der Waals surface area contributed by atoms with Gasteiger partial charge in [0.15, 0.2) is 0 Å².